The van der Waals surface area contributed by atoms with Crippen LogP contribution in [0.5, 0.6) is 0 Å². The maximum atomic E-state index is 12.0. The number of amides is 1. The number of nitrogens with two attached hydrogens (primary N) is 1. The first-order valence-electron chi connectivity index (χ1n) is 7.52. The topological polar surface area (TPSA) is 67.6 Å². The van der Waals surface area contributed by atoms with Crippen LogP contribution in [0.2, 0.25) is 5.02 Å². The quantitative estimate of drug-likeness (QED) is 0.862. The van der Waals surface area contributed by atoms with Gasteiger partial charge in [-0.1, -0.05) is 23.7 Å². The predicted octanol–water partition coefficient (Wildman–Crippen LogP) is 1.57. The lowest BCUT2D eigenvalue weighted by Gasteiger charge is -2.35. The standard InChI is InChI=1S/C16H24ClN3O2/c1-16(2,18)15(21)19-11-14(20-6-8-22-9-7-20)12-4-3-5-13(17)10-12/h3-5,10,14H,6-9,11,18H2,1-2H3,(H,19,21). The van der Waals surface area contributed by atoms with E-state index in [2.05, 4.69) is 10.2 Å². The molecule has 1 amide bonds. The average molecular weight is 326 g/mol. The molecule has 122 valence electrons. The van der Waals surface area contributed by atoms with Crippen LogP contribution >= 0.6 is 11.6 Å². The van der Waals surface area contributed by atoms with E-state index in [1.54, 1.807) is 13.8 Å². The molecule has 2 rings (SSSR count). The maximum absolute atomic E-state index is 12.0. The Balaban J connectivity index is 2.13. The Morgan fingerprint density at radius 3 is 2.73 bits per heavy atom. The number of nitrogens with one attached hydrogen (secondary N) is 1. The number of benzene rings is 1. The fraction of sp³-hybridized carbons (Fsp3) is 0.562. The smallest absolute Gasteiger partial charge is 0.239 e. The summed E-state index contributed by atoms with van der Waals surface area (Å²) in [4.78, 5) is 14.3. The summed E-state index contributed by atoms with van der Waals surface area (Å²) in [7, 11) is 0. The van der Waals surface area contributed by atoms with Gasteiger partial charge in [-0.3, -0.25) is 9.69 Å². The summed E-state index contributed by atoms with van der Waals surface area (Å²) < 4.78 is 5.41. The summed E-state index contributed by atoms with van der Waals surface area (Å²) in [6, 6.07) is 7.82. The molecule has 1 aromatic rings. The SMILES string of the molecule is CC(C)(N)C(=O)NCC(c1cccc(Cl)c1)N1CCOCC1. The zero-order valence-corrected chi connectivity index (χ0v) is 13.9. The van der Waals surface area contributed by atoms with Crippen molar-refractivity contribution in [3.8, 4) is 0 Å². The lowest BCUT2D eigenvalue weighted by molar-refractivity contribution is -0.125. The molecule has 0 radical (unpaired) electrons. The van der Waals surface area contributed by atoms with Gasteiger partial charge in [-0.25, -0.2) is 0 Å². The predicted molar refractivity (Wildman–Crippen MR) is 87.9 cm³/mol. The van der Waals surface area contributed by atoms with Gasteiger partial charge in [0, 0.05) is 24.7 Å². The van der Waals surface area contributed by atoms with Gasteiger partial charge in [-0.05, 0) is 31.5 Å². The molecule has 1 aliphatic rings. The average Bonchev–Trinajstić information content (AvgIpc) is 2.47. The molecule has 22 heavy (non-hydrogen) atoms. The second kappa shape index (κ2) is 7.42. The molecule has 0 spiro atoms. The van der Waals surface area contributed by atoms with Crippen LogP contribution in [0.1, 0.15) is 25.5 Å². The number of halogens is 1. The second-order valence-electron chi connectivity index (χ2n) is 6.15. The van der Waals surface area contributed by atoms with Gasteiger partial charge in [0.25, 0.3) is 0 Å². The lowest BCUT2D eigenvalue weighted by Crippen LogP contribution is -2.51. The first kappa shape index (κ1) is 17.2. The third kappa shape index (κ3) is 4.68. The molecule has 1 aromatic carbocycles. The number of hydrogen-bond acceptors (Lipinski definition) is 4. The van der Waals surface area contributed by atoms with E-state index in [1.807, 2.05) is 24.3 Å². The Kier molecular flexibility index (Phi) is 5.81. The molecule has 5 nitrogen and oxygen atoms in total. The zero-order valence-electron chi connectivity index (χ0n) is 13.1. The van der Waals surface area contributed by atoms with Crippen LogP contribution in [0.15, 0.2) is 24.3 Å². The zero-order chi connectivity index (χ0) is 16.2. The van der Waals surface area contributed by atoms with E-state index in [4.69, 9.17) is 22.1 Å². The monoisotopic (exact) mass is 325 g/mol. The Labute approximate surface area is 136 Å². The number of morpholine rings is 1. The minimum atomic E-state index is -0.885. The van der Waals surface area contributed by atoms with Gasteiger partial charge >= 0.3 is 0 Å². The van der Waals surface area contributed by atoms with Gasteiger partial charge in [0.15, 0.2) is 0 Å². The van der Waals surface area contributed by atoms with Crippen LogP contribution in [-0.2, 0) is 9.53 Å². The van der Waals surface area contributed by atoms with Crippen molar-refractivity contribution < 1.29 is 9.53 Å². The normalized spacial score (nSPS) is 18.0. The molecule has 1 atom stereocenters. The molecule has 1 fully saturated rings. The molecule has 0 bridgehead atoms. The van der Waals surface area contributed by atoms with Crippen molar-refractivity contribution in [3.05, 3.63) is 34.9 Å². The fourth-order valence-electron chi connectivity index (χ4n) is 2.48. The van der Waals surface area contributed by atoms with Crippen molar-refractivity contribution in [1.29, 1.82) is 0 Å². The number of nitrogens with zero attached hydrogens (tertiary/aromatic N) is 1. The first-order chi connectivity index (χ1) is 10.4. The van der Waals surface area contributed by atoms with Gasteiger partial charge < -0.3 is 15.8 Å². The van der Waals surface area contributed by atoms with Gasteiger partial charge in [-0.15, -0.1) is 0 Å². The van der Waals surface area contributed by atoms with Crippen molar-refractivity contribution >= 4 is 17.5 Å². The molecule has 1 aliphatic heterocycles. The number of ether oxygens (including phenoxy) is 1. The van der Waals surface area contributed by atoms with Crippen molar-refractivity contribution in [2.24, 2.45) is 5.73 Å². The Hall–Kier alpha value is -1.14. The number of rotatable bonds is 5. The van der Waals surface area contributed by atoms with E-state index in [0.29, 0.717) is 24.8 Å². The highest BCUT2D eigenvalue weighted by atomic mass is 35.5. The number of hydrogen-bond donors (Lipinski definition) is 2. The van der Waals surface area contributed by atoms with E-state index in [0.717, 1.165) is 18.7 Å². The van der Waals surface area contributed by atoms with Gasteiger partial charge in [0.1, 0.15) is 0 Å². The summed E-state index contributed by atoms with van der Waals surface area (Å²) in [5.41, 5.74) is 6.04. The molecular weight excluding hydrogens is 302 g/mol. The van der Waals surface area contributed by atoms with Crippen molar-refractivity contribution in [1.82, 2.24) is 10.2 Å². The Bertz CT molecular complexity index is 510. The second-order valence-corrected chi connectivity index (χ2v) is 6.59. The van der Waals surface area contributed by atoms with Crippen LogP contribution in [0, 0.1) is 0 Å². The van der Waals surface area contributed by atoms with Gasteiger partial charge in [0.05, 0.1) is 24.8 Å². The van der Waals surface area contributed by atoms with Crippen LogP contribution in [0.4, 0.5) is 0 Å². The highest BCUT2D eigenvalue weighted by Gasteiger charge is 2.26. The highest BCUT2D eigenvalue weighted by Crippen LogP contribution is 2.24. The Morgan fingerprint density at radius 1 is 1.45 bits per heavy atom. The summed E-state index contributed by atoms with van der Waals surface area (Å²) >= 11 is 6.11. The minimum absolute atomic E-state index is 0.0638. The molecule has 1 heterocycles. The Morgan fingerprint density at radius 2 is 2.14 bits per heavy atom. The summed E-state index contributed by atoms with van der Waals surface area (Å²) in [6.07, 6.45) is 0. The minimum Gasteiger partial charge on any atom is -0.379 e. The summed E-state index contributed by atoms with van der Waals surface area (Å²) in [6.45, 7) is 6.97. The van der Waals surface area contributed by atoms with E-state index in [9.17, 15) is 4.79 Å². The van der Waals surface area contributed by atoms with Crippen molar-refractivity contribution in [2.75, 3.05) is 32.8 Å². The van der Waals surface area contributed by atoms with Crippen LogP contribution in [-0.4, -0.2) is 49.2 Å². The first-order valence-corrected chi connectivity index (χ1v) is 7.90. The van der Waals surface area contributed by atoms with Gasteiger partial charge in [-0.2, -0.15) is 0 Å². The van der Waals surface area contributed by atoms with Crippen molar-refractivity contribution in [3.63, 3.8) is 0 Å². The third-order valence-corrected chi connectivity index (χ3v) is 4.00. The maximum Gasteiger partial charge on any atom is 0.239 e. The van der Waals surface area contributed by atoms with Gasteiger partial charge in [0.2, 0.25) is 5.91 Å². The largest absolute Gasteiger partial charge is 0.379 e. The lowest BCUT2D eigenvalue weighted by atomic mass is 10.0. The van der Waals surface area contributed by atoms with E-state index in [-0.39, 0.29) is 11.9 Å². The van der Waals surface area contributed by atoms with E-state index < -0.39 is 5.54 Å². The fourth-order valence-corrected chi connectivity index (χ4v) is 2.68. The third-order valence-electron chi connectivity index (χ3n) is 3.76. The molecule has 3 N–H and O–H groups in total. The molecule has 0 aliphatic carbocycles. The number of carbonyl (C=O) groups is 1. The van der Waals surface area contributed by atoms with E-state index in [1.165, 1.54) is 0 Å². The van der Waals surface area contributed by atoms with Crippen LogP contribution in [0.3, 0.4) is 0 Å². The van der Waals surface area contributed by atoms with Crippen LogP contribution in [0.25, 0.3) is 0 Å². The molecule has 0 saturated carbocycles. The molecule has 1 unspecified atom stereocenters. The molecule has 6 heteroatoms. The van der Waals surface area contributed by atoms with Crippen molar-refractivity contribution in [2.45, 2.75) is 25.4 Å². The molecule has 1 saturated heterocycles. The number of carbonyl (C=O) groups excluding carboxylic acids is 1. The van der Waals surface area contributed by atoms with Crippen LogP contribution < -0.4 is 11.1 Å². The summed E-state index contributed by atoms with van der Waals surface area (Å²) in [5.74, 6) is -0.159. The highest BCUT2D eigenvalue weighted by molar-refractivity contribution is 6.30. The molecule has 0 aromatic heterocycles. The molecular formula is C16H24ClN3O2. The van der Waals surface area contributed by atoms with E-state index >= 15 is 0 Å². The summed E-state index contributed by atoms with van der Waals surface area (Å²) in [5, 5.41) is 3.64.